The van der Waals surface area contributed by atoms with Gasteiger partial charge in [-0.25, -0.2) is 4.99 Å². The second-order valence-electron chi connectivity index (χ2n) is 5.24. The smallest absolute Gasteiger partial charge is 0.276 e. The molecule has 21 heavy (non-hydrogen) atoms. The lowest BCUT2D eigenvalue weighted by Gasteiger charge is -2.27. The fraction of sp³-hybridized carbons (Fsp3) is 0.375. The van der Waals surface area contributed by atoms with Gasteiger partial charge in [-0.15, -0.1) is 0 Å². The van der Waals surface area contributed by atoms with Crippen LogP contribution in [0.25, 0.3) is 6.08 Å². The maximum atomic E-state index is 12.0. The predicted molar refractivity (Wildman–Crippen MR) is 82.0 cm³/mol. The van der Waals surface area contributed by atoms with E-state index < -0.39 is 0 Å². The number of nitrogens with one attached hydrogen (secondary N) is 1. The van der Waals surface area contributed by atoms with Crippen molar-refractivity contribution in [3.8, 4) is 5.75 Å². The number of hydrogen-bond acceptors (Lipinski definition) is 4. The number of carbonyl (C=O) groups is 1. The Morgan fingerprint density at radius 1 is 1.19 bits per heavy atom. The minimum atomic E-state index is -0.133. The number of nitrogens with zero attached hydrogens (tertiary/aromatic N) is 2. The number of amides is 1. The summed E-state index contributed by atoms with van der Waals surface area (Å²) in [6.45, 7) is 1.93. The third kappa shape index (κ3) is 3.07. The molecule has 2 heterocycles. The molecule has 1 aromatic carbocycles. The molecule has 0 unspecified atom stereocenters. The molecule has 5 heteroatoms. The van der Waals surface area contributed by atoms with E-state index in [0.29, 0.717) is 11.7 Å². The Bertz CT molecular complexity index is 584. The molecule has 1 amide bonds. The van der Waals surface area contributed by atoms with Crippen molar-refractivity contribution < 1.29 is 9.53 Å². The summed E-state index contributed by atoms with van der Waals surface area (Å²) < 4.78 is 5.12. The van der Waals surface area contributed by atoms with E-state index in [2.05, 4.69) is 15.2 Å². The number of aliphatic imine (C=N–C) groups is 1. The minimum absolute atomic E-state index is 0.133. The number of ether oxygens (including phenoxy) is 1. The van der Waals surface area contributed by atoms with Gasteiger partial charge < -0.3 is 9.64 Å². The number of benzene rings is 1. The van der Waals surface area contributed by atoms with Gasteiger partial charge in [0.25, 0.3) is 5.91 Å². The van der Waals surface area contributed by atoms with Crippen molar-refractivity contribution in [1.29, 1.82) is 0 Å². The van der Waals surface area contributed by atoms with Crippen LogP contribution in [-0.2, 0) is 4.79 Å². The SMILES string of the molecule is COc1ccc(/C=C2\N=C(N3CCCCC3)NC2=O)cc1. The lowest BCUT2D eigenvalue weighted by Crippen LogP contribution is -2.43. The average molecular weight is 285 g/mol. The highest BCUT2D eigenvalue weighted by Gasteiger charge is 2.25. The summed E-state index contributed by atoms with van der Waals surface area (Å²) in [5.41, 5.74) is 1.39. The van der Waals surface area contributed by atoms with E-state index in [9.17, 15) is 4.79 Å². The van der Waals surface area contributed by atoms with Crippen LogP contribution in [0.3, 0.4) is 0 Å². The van der Waals surface area contributed by atoms with Gasteiger partial charge in [0.15, 0.2) is 0 Å². The van der Waals surface area contributed by atoms with E-state index in [-0.39, 0.29) is 5.91 Å². The standard InChI is InChI=1S/C16H19N3O2/c1-21-13-7-5-12(6-8-13)11-14-15(20)18-16(17-14)19-9-3-2-4-10-19/h5-8,11H,2-4,9-10H2,1H3,(H,17,18,20)/b14-11-. The highest BCUT2D eigenvalue weighted by Crippen LogP contribution is 2.18. The Hall–Kier alpha value is -2.30. The maximum absolute atomic E-state index is 12.0. The summed E-state index contributed by atoms with van der Waals surface area (Å²) in [4.78, 5) is 18.6. The molecule has 5 nitrogen and oxygen atoms in total. The molecule has 0 aliphatic carbocycles. The molecule has 0 saturated carbocycles. The molecule has 1 saturated heterocycles. The summed E-state index contributed by atoms with van der Waals surface area (Å²) >= 11 is 0. The predicted octanol–water partition coefficient (Wildman–Crippen LogP) is 2.01. The number of likely N-dealkylation sites (tertiary alicyclic amines) is 1. The van der Waals surface area contributed by atoms with Crippen molar-refractivity contribution in [3.63, 3.8) is 0 Å². The largest absolute Gasteiger partial charge is 0.497 e. The molecule has 0 bridgehead atoms. The first-order valence-corrected chi connectivity index (χ1v) is 7.27. The van der Waals surface area contributed by atoms with E-state index in [1.807, 2.05) is 24.3 Å². The topological polar surface area (TPSA) is 53.9 Å². The van der Waals surface area contributed by atoms with Gasteiger partial charge in [-0.3, -0.25) is 10.1 Å². The van der Waals surface area contributed by atoms with Crippen molar-refractivity contribution in [3.05, 3.63) is 35.5 Å². The average Bonchev–Trinajstić information content (AvgIpc) is 2.90. The molecular formula is C16H19N3O2. The van der Waals surface area contributed by atoms with E-state index in [4.69, 9.17) is 4.74 Å². The van der Waals surface area contributed by atoms with Crippen LogP contribution in [0.5, 0.6) is 5.75 Å². The summed E-state index contributed by atoms with van der Waals surface area (Å²) in [5.74, 6) is 1.36. The minimum Gasteiger partial charge on any atom is -0.497 e. The zero-order valence-electron chi connectivity index (χ0n) is 12.1. The highest BCUT2D eigenvalue weighted by atomic mass is 16.5. The van der Waals surface area contributed by atoms with Gasteiger partial charge in [0.2, 0.25) is 5.96 Å². The first kappa shape index (κ1) is 13.7. The molecule has 110 valence electrons. The molecule has 0 aromatic heterocycles. The van der Waals surface area contributed by atoms with Crippen LogP contribution in [0, 0.1) is 0 Å². The van der Waals surface area contributed by atoms with Gasteiger partial charge in [0.05, 0.1) is 7.11 Å². The highest BCUT2D eigenvalue weighted by molar-refractivity contribution is 6.13. The summed E-state index contributed by atoms with van der Waals surface area (Å²) in [5, 5.41) is 2.86. The number of carbonyl (C=O) groups excluding carboxylic acids is 1. The number of hydrogen-bond donors (Lipinski definition) is 1. The second-order valence-corrected chi connectivity index (χ2v) is 5.24. The molecule has 2 aliphatic heterocycles. The zero-order valence-corrected chi connectivity index (χ0v) is 12.1. The molecule has 0 atom stereocenters. The lowest BCUT2D eigenvalue weighted by atomic mass is 10.1. The summed E-state index contributed by atoms with van der Waals surface area (Å²) in [6, 6.07) is 7.56. The third-order valence-electron chi connectivity index (χ3n) is 3.76. The van der Waals surface area contributed by atoms with Crippen LogP contribution in [0.2, 0.25) is 0 Å². The molecule has 3 rings (SSSR count). The van der Waals surface area contributed by atoms with Crippen LogP contribution in [0.4, 0.5) is 0 Å². The Morgan fingerprint density at radius 2 is 1.90 bits per heavy atom. The number of piperidine rings is 1. The monoisotopic (exact) mass is 285 g/mol. The zero-order chi connectivity index (χ0) is 14.7. The maximum Gasteiger partial charge on any atom is 0.276 e. The van der Waals surface area contributed by atoms with E-state index in [0.717, 1.165) is 37.2 Å². The molecule has 2 aliphatic rings. The van der Waals surface area contributed by atoms with E-state index in [1.165, 1.54) is 6.42 Å². The van der Waals surface area contributed by atoms with E-state index >= 15 is 0 Å². The Kier molecular flexibility index (Phi) is 3.90. The van der Waals surface area contributed by atoms with Gasteiger partial charge in [-0.1, -0.05) is 12.1 Å². The normalized spacial score (nSPS) is 20.4. The van der Waals surface area contributed by atoms with Crippen molar-refractivity contribution in [2.75, 3.05) is 20.2 Å². The Labute approximate surface area is 124 Å². The number of rotatable bonds is 2. The molecule has 0 radical (unpaired) electrons. The quantitative estimate of drug-likeness (QED) is 0.846. The fourth-order valence-corrected chi connectivity index (χ4v) is 2.57. The van der Waals surface area contributed by atoms with Crippen LogP contribution in [-0.4, -0.2) is 37.0 Å². The first-order valence-electron chi connectivity index (χ1n) is 7.27. The van der Waals surface area contributed by atoms with Crippen LogP contribution < -0.4 is 10.1 Å². The summed E-state index contributed by atoms with van der Waals surface area (Å²) in [7, 11) is 1.63. The second kappa shape index (κ2) is 5.99. The molecular weight excluding hydrogens is 266 g/mol. The van der Waals surface area contributed by atoms with Crippen molar-refractivity contribution in [1.82, 2.24) is 10.2 Å². The van der Waals surface area contributed by atoms with Gasteiger partial charge in [0, 0.05) is 13.1 Å². The van der Waals surface area contributed by atoms with Gasteiger partial charge in [0.1, 0.15) is 11.4 Å². The van der Waals surface area contributed by atoms with Gasteiger partial charge in [-0.05, 0) is 43.0 Å². The molecule has 1 aromatic rings. The van der Waals surface area contributed by atoms with Crippen molar-refractivity contribution >= 4 is 17.9 Å². The van der Waals surface area contributed by atoms with Crippen LogP contribution in [0.15, 0.2) is 35.0 Å². The van der Waals surface area contributed by atoms with Crippen molar-refractivity contribution in [2.45, 2.75) is 19.3 Å². The van der Waals surface area contributed by atoms with E-state index in [1.54, 1.807) is 13.2 Å². The van der Waals surface area contributed by atoms with Crippen LogP contribution >= 0.6 is 0 Å². The van der Waals surface area contributed by atoms with Gasteiger partial charge in [-0.2, -0.15) is 0 Å². The molecule has 0 spiro atoms. The lowest BCUT2D eigenvalue weighted by molar-refractivity contribution is -0.115. The Balaban J connectivity index is 1.78. The van der Waals surface area contributed by atoms with Crippen molar-refractivity contribution in [2.24, 2.45) is 4.99 Å². The van der Waals surface area contributed by atoms with Gasteiger partial charge >= 0.3 is 0 Å². The Morgan fingerprint density at radius 3 is 2.57 bits per heavy atom. The summed E-state index contributed by atoms with van der Waals surface area (Å²) in [6.07, 6.45) is 5.37. The fourth-order valence-electron chi connectivity index (χ4n) is 2.57. The third-order valence-corrected chi connectivity index (χ3v) is 3.76. The van der Waals surface area contributed by atoms with Crippen LogP contribution in [0.1, 0.15) is 24.8 Å². The number of guanidine groups is 1. The molecule has 1 N–H and O–H groups in total. The first-order chi connectivity index (χ1) is 10.3. The molecule has 1 fully saturated rings. The number of methoxy groups -OCH3 is 1.